The molecular formula is C11H20N4O2. The number of aromatic nitrogens is 2. The molecule has 3 N–H and O–H groups in total. The van der Waals surface area contributed by atoms with Gasteiger partial charge in [-0.15, -0.1) is 0 Å². The van der Waals surface area contributed by atoms with Gasteiger partial charge in [0.25, 0.3) is 0 Å². The molecule has 0 amide bonds. The molecule has 1 aromatic heterocycles. The molecule has 0 saturated heterocycles. The van der Waals surface area contributed by atoms with Crippen molar-refractivity contribution in [3.63, 3.8) is 0 Å². The smallest absolute Gasteiger partial charge is 0.158 e. The number of hydrogen-bond donors (Lipinski definition) is 3. The molecule has 0 fully saturated rings. The number of ether oxygens (including phenoxy) is 1. The van der Waals surface area contributed by atoms with Gasteiger partial charge in [0, 0.05) is 26.3 Å². The first-order valence-electron chi connectivity index (χ1n) is 5.68. The second-order valence-electron chi connectivity index (χ2n) is 3.75. The molecule has 0 bridgehead atoms. The number of aliphatic hydroxyl groups is 1. The predicted molar refractivity (Wildman–Crippen MR) is 67.1 cm³/mol. The number of anilines is 2. The predicted octanol–water partition coefficient (Wildman–Crippen LogP) is 0.847. The van der Waals surface area contributed by atoms with Gasteiger partial charge in [0.2, 0.25) is 0 Å². The Morgan fingerprint density at radius 2 is 2.00 bits per heavy atom. The second kappa shape index (κ2) is 7.03. The molecule has 0 radical (unpaired) electrons. The third kappa shape index (κ3) is 4.97. The molecule has 0 aliphatic heterocycles. The van der Waals surface area contributed by atoms with E-state index in [2.05, 4.69) is 20.6 Å². The minimum Gasteiger partial charge on any atom is -0.392 e. The Labute approximate surface area is 101 Å². The van der Waals surface area contributed by atoms with Crippen LogP contribution in [0.15, 0.2) is 6.07 Å². The van der Waals surface area contributed by atoms with Crippen LogP contribution in [0.1, 0.15) is 19.7 Å². The van der Waals surface area contributed by atoms with Crippen LogP contribution in [0.2, 0.25) is 0 Å². The normalized spacial score (nSPS) is 12.2. The van der Waals surface area contributed by atoms with Crippen molar-refractivity contribution in [1.82, 2.24) is 9.97 Å². The molecule has 1 heterocycles. The van der Waals surface area contributed by atoms with Crippen molar-refractivity contribution in [1.29, 1.82) is 0 Å². The van der Waals surface area contributed by atoms with E-state index in [9.17, 15) is 5.11 Å². The molecule has 96 valence electrons. The number of nitrogens with zero attached hydrogens (tertiary/aromatic N) is 2. The molecule has 1 aromatic rings. The third-order valence-corrected chi connectivity index (χ3v) is 1.98. The van der Waals surface area contributed by atoms with E-state index in [-0.39, 0.29) is 0 Å². The lowest BCUT2D eigenvalue weighted by Crippen LogP contribution is -2.17. The molecule has 1 unspecified atom stereocenters. The third-order valence-electron chi connectivity index (χ3n) is 1.98. The van der Waals surface area contributed by atoms with Crippen LogP contribution in [0.4, 0.5) is 11.6 Å². The van der Waals surface area contributed by atoms with E-state index in [1.807, 2.05) is 13.0 Å². The molecule has 0 saturated carbocycles. The van der Waals surface area contributed by atoms with Crippen molar-refractivity contribution in [2.75, 3.05) is 30.8 Å². The lowest BCUT2D eigenvalue weighted by Gasteiger charge is -2.11. The van der Waals surface area contributed by atoms with Gasteiger partial charge in [0.05, 0.1) is 6.10 Å². The average Bonchev–Trinajstić information content (AvgIpc) is 2.27. The van der Waals surface area contributed by atoms with Gasteiger partial charge >= 0.3 is 0 Å². The largest absolute Gasteiger partial charge is 0.392 e. The van der Waals surface area contributed by atoms with Crippen LogP contribution < -0.4 is 10.6 Å². The fourth-order valence-electron chi connectivity index (χ4n) is 1.31. The van der Waals surface area contributed by atoms with Gasteiger partial charge in [-0.1, -0.05) is 0 Å². The maximum Gasteiger partial charge on any atom is 0.158 e. The minimum atomic E-state index is -0.418. The van der Waals surface area contributed by atoms with Crippen LogP contribution in [0.25, 0.3) is 0 Å². The molecule has 6 nitrogen and oxygen atoms in total. The molecule has 0 spiro atoms. The van der Waals surface area contributed by atoms with E-state index in [0.29, 0.717) is 24.8 Å². The van der Waals surface area contributed by atoms with E-state index < -0.39 is 6.10 Å². The minimum absolute atomic E-state index is 0.364. The molecule has 6 heteroatoms. The van der Waals surface area contributed by atoms with E-state index in [1.54, 1.807) is 14.0 Å². The number of rotatable bonds is 7. The van der Waals surface area contributed by atoms with Crippen molar-refractivity contribution in [2.45, 2.75) is 26.6 Å². The highest BCUT2D eigenvalue weighted by Gasteiger charge is 2.04. The van der Waals surface area contributed by atoms with Crippen LogP contribution in [-0.2, 0) is 11.3 Å². The first-order chi connectivity index (χ1) is 8.15. The highest BCUT2D eigenvalue weighted by Crippen LogP contribution is 2.11. The molecule has 0 aromatic carbocycles. The van der Waals surface area contributed by atoms with Gasteiger partial charge in [-0.05, 0) is 13.8 Å². The fourth-order valence-corrected chi connectivity index (χ4v) is 1.31. The zero-order valence-corrected chi connectivity index (χ0v) is 10.5. The second-order valence-corrected chi connectivity index (χ2v) is 3.75. The Morgan fingerprint density at radius 3 is 2.53 bits per heavy atom. The quantitative estimate of drug-likeness (QED) is 0.655. The fraction of sp³-hybridized carbons (Fsp3) is 0.636. The highest BCUT2D eigenvalue weighted by atomic mass is 16.5. The monoisotopic (exact) mass is 240 g/mol. The van der Waals surface area contributed by atoms with Crippen LogP contribution >= 0.6 is 0 Å². The van der Waals surface area contributed by atoms with E-state index in [0.717, 1.165) is 12.4 Å². The van der Waals surface area contributed by atoms with Crippen molar-refractivity contribution in [3.8, 4) is 0 Å². The first kappa shape index (κ1) is 13.7. The Bertz CT molecular complexity index is 320. The SMILES string of the molecule is CCNc1cc(NCC(C)O)nc(COC)n1. The molecular weight excluding hydrogens is 220 g/mol. The summed E-state index contributed by atoms with van der Waals surface area (Å²) in [6.07, 6.45) is -0.418. The summed E-state index contributed by atoms with van der Waals surface area (Å²) < 4.78 is 5.01. The maximum atomic E-state index is 9.21. The maximum absolute atomic E-state index is 9.21. The van der Waals surface area contributed by atoms with Crippen LogP contribution in [0, 0.1) is 0 Å². The van der Waals surface area contributed by atoms with Crippen molar-refractivity contribution in [2.24, 2.45) is 0 Å². The van der Waals surface area contributed by atoms with Crippen LogP contribution in [0.3, 0.4) is 0 Å². The Kier molecular flexibility index (Phi) is 5.65. The summed E-state index contributed by atoms with van der Waals surface area (Å²) in [6, 6.07) is 1.81. The van der Waals surface area contributed by atoms with Gasteiger partial charge in [-0.25, -0.2) is 9.97 Å². The summed E-state index contributed by atoms with van der Waals surface area (Å²) in [5.74, 6) is 2.05. The summed E-state index contributed by atoms with van der Waals surface area (Å²) in [4.78, 5) is 8.57. The van der Waals surface area contributed by atoms with E-state index in [1.165, 1.54) is 0 Å². The number of aliphatic hydroxyl groups excluding tert-OH is 1. The zero-order chi connectivity index (χ0) is 12.7. The van der Waals surface area contributed by atoms with Crippen LogP contribution in [-0.4, -0.2) is 41.4 Å². The van der Waals surface area contributed by atoms with Gasteiger partial charge in [-0.2, -0.15) is 0 Å². The molecule has 0 aliphatic carbocycles. The van der Waals surface area contributed by atoms with Gasteiger partial charge in [0.15, 0.2) is 5.82 Å². The standard InChI is InChI=1S/C11H20N4O2/c1-4-12-9-5-10(13-6-8(2)16)15-11(14-9)7-17-3/h5,8,16H,4,6-7H2,1-3H3,(H2,12,13,14,15). The molecule has 0 aliphatic rings. The van der Waals surface area contributed by atoms with Crippen molar-refractivity contribution in [3.05, 3.63) is 11.9 Å². The van der Waals surface area contributed by atoms with Gasteiger partial charge in [-0.3, -0.25) is 0 Å². The van der Waals surface area contributed by atoms with Crippen LogP contribution in [0.5, 0.6) is 0 Å². The van der Waals surface area contributed by atoms with E-state index in [4.69, 9.17) is 4.74 Å². The summed E-state index contributed by atoms with van der Waals surface area (Å²) in [6.45, 7) is 5.33. The Balaban J connectivity index is 2.79. The summed E-state index contributed by atoms with van der Waals surface area (Å²) in [5, 5.41) is 15.4. The summed E-state index contributed by atoms with van der Waals surface area (Å²) >= 11 is 0. The number of hydrogen-bond acceptors (Lipinski definition) is 6. The highest BCUT2D eigenvalue weighted by molar-refractivity contribution is 5.47. The lowest BCUT2D eigenvalue weighted by molar-refractivity contribution is 0.178. The molecule has 1 rings (SSSR count). The van der Waals surface area contributed by atoms with Gasteiger partial charge < -0.3 is 20.5 Å². The lowest BCUT2D eigenvalue weighted by atomic mass is 10.4. The van der Waals surface area contributed by atoms with E-state index >= 15 is 0 Å². The Hall–Kier alpha value is -1.40. The average molecular weight is 240 g/mol. The van der Waals surface area contributed by atoms with Crippen molar-refractivity contribution >= 4 is 11.6 Å². The number of nitrogens with one attached hydrogen (secondary N) is 2. The summed E-state index contributed by atoms with van der Waals surface area (Å²) in [7, 11) is 1.60. The Morgan fingerprint density at radius 1 is 1.35 bits per heavy atom. The zero-order valence-electron chi connectivity index (χ0n) is 10.5. The number of methoxy groups -OCH3 is 1. The first-order valence-corrected chi connectivity index (χ1v) is 5.68. The molecule has 1 atom stereocenters. The molecule has 17 heavy (non-hydrogen) atoms. The van der Waals surface area contributed by atoms with Crippen molar-refractivity contribution < 1.29 is 9.84 Å². The topological polar surface area (TPSA) is 79.3 Å². The summed E-state index contributed by atoms with van der Waals surface area (Å²) in [5.41, 5.74) is 0. The van der Waals surface area contributed by atoms with Gasteiger partial charge in [0.1, 0.15) is 18.2 Å².